The number of benzene rings is 2. The molecule has 1 N–H and O–H groups in total. The average Bonchev–Trinajstić information content (AvgIpc) is 3.16. The predicted molar refractivity (Wildman–Crippen MR) is 113 cm³/mol. The summed E-state index contributed by atoms with van der Waals surface area (Å²) in [5.41, 5.74) is 1.57. The molecule has 0 unspecified atom stereocenters. The summed E-state index contributed by atoms with van der Waals surface area (Å²) < 4.78 is 54.7. The summed E-state index contributed by atoms with van der Waals surface area (Å²) in [4.78, 5) is 16.9. The van der Waals surface area contributed by atoms with E-state index in [-0.39, 0.29) is 24.1 Å². The van der Waals surface area contributed by atoms with Crippen molar-refractivity contribution in [1.82, 2.24) is 15.1 Å². The van der Waals surface area contributed by atoms with Gasteiger partial charge in [-0.05, 0) is 61.3 Å². The van der Waals surface area contributed by atoms with E-state index in [1.54, 1.807) is 29.2 Å². The average molecular weight is 453 g/mol. The quantitative estimate of drug-likeness (QED) is 0.602. The van der Waals surface area contributed by atoms with Gasteiger partial charge in [-0.1, -0.05) is 24.3 Å². The molecule has 1 saturated heterocycles. The van der Waals surface area contributed by atoms with Gasteiger partial charge in [-0.2, -0.15) is 13.2 Å². The van der Waals surface area contributed by atoms with E-state index in [1.807, 2.05) is 7.05 Å². The monoisotopic (exact) mass is 453 g/mol. The number of nitrogens with zero attached hydrogens (tertiary/aromatic N) is 2. The van der Waals surface area contributed by atoms with Crippen molar-refractivity contribution < 1.29 is 27.1 Å². The van der Waals surface area contributed by atoms with Crippen LogP contribution in [0.5, 0.6) is 5.75 Å². The van der Waals surface area contributed by atoms with Crippen molar-refractivity contribution in [2.45, 2.75) is 25.7 Å². The molecule has 0 bridgehead atoms. The van der Waals surface area contributed by atoms with E-state index in [4.69, 9.17) is 4.74 Å². The van der Waals surface area contributed by atoms with E-state index >= 15 is 0 Å². The van der Waals surface area contributed by atoms with Crippen LogP contribution in [0.25, 0.3) is 0 Å². The number of hydrogen-bond acceptors (Lipinski definition) is 3. The molecule has 2 aromatic carbocycles. The Bertz CT molecular complexity index is 872. The van der Waals surface area contributed by atoms with Gasteiger partial charge in [0.25, 0.3) is 0 Å². The van der Waals surface area contributed by atoms with Crippen LogP contribution in [0.1, 0.15) is 17.5 Å². The second-order valence-corrected chi connectivity index (χ2v) is 8.13. The van der Waals surface area contributed by atoms with Gasteiger partial charge in [0.1, 0.15) is 11.6 Å². The number of nitrogens with one attached hydrogen (secondary N) is 1. The zero-order chi connectivity index (χ0) is 23.1. The molecule has 1 heterocycles. The Hall–Kier alpha value is -2.81. The Morgan fingerprint density at radius 2 is 1.78 bits per heavy atom. The standard InChI is InChI=1S/C23H27F4N3O2/c1-29-11-10-19(13-29)15-30(14-18-2-6-20(24)7-3-18)22(31)28-12-17-4-8-21(9-5-17)32-16-23(25,26)27/h2-9,19H,10-16H2,1H3,(H,28,31)/t19-/m1/s1. The Morgan fingerprint density at radius 3 is 2.38 bits per heavy atom. The number of carbonyl (C=O) groups excluding carboxylic acids is 1. The molecule has 0 radical (unpaired) electrons. The zero-order valence-electron chi connectivity index (χ0n) is 17.9. The van der Waals surface area contributed by atoms with Gasteiger partial charge in [0.05, 0.1) is 0 Å². The van der Waals surface area contributed by atoms with Crippen LogP contribution < -0.4 is 10.1 Å². The summed E-state index contributed by atoms with van der Waals surface area (Å²) in [5.74, 6) is 0.141. The first-order valence-corrected chi connectivity index (χ1v) is 10.4. The van der Waals surface area contributed by atoms with Crippen LogP contribution >= 0.6 is 0 Å². The molecule has 9 heteroatoms. The van der Waals surface area contributed by atoms with E-state index in [9.17, 15) is 22.4 Å². The molecular weight excluding hydrogens is 426 g/mol. The minimum atomic E-state index is -4.39. The molecule has 0 aliphatic carbocycles. The zero-order valence-corrected chi connectivity index (χ0v) is 17.9. The second-order valence-electron chi connectivity index (χ2n) is 8.13. The Kier molecular flexibility index (Phi) is 7.95. The van der Waals surface area contributed by atoms with Crippen molar-refractivity contribution in [3.05, 3.63) is 65.5 Å². The van der Waals surface area contributed by atoms with Gasteiger partial charge in [-0.3, -0.25) is 0 Å². The maximum absolute atomic E-state index is 13.2. The number of hydrogen-bond donors (Lipinski definition) is 1. The molecule has 174 valence electrons. The van der Waals surface area contributed by atoms with Crippen LogP contribution in [-0.4, -0.2) is 55.3 Å². The molecule has 3 rings (SSSR count). The molecule has 1 aliphatic rings. The normalized spacial score (nSPS) is 16.7. The Morgan fingerprint density at radius 1 is 1.12 bits per heavy atom. The number of ether oxygens (including phenoxy) is 1. The number of urea groups is 1. The third-order valence-electron chi connectivity index (χ3n) is 5.31. The minimum absolute atomic E-state index is 0.112. The lowest BCUT2D eigenvalue weighted by atomic mass is 10.1. The summed E-state index contributed by atoms with van der Waals surface area (Å²) in [5, 5.41) is 2.87. The highest BCUT2D eigenvalue weighted by Gasteiger charge is 2.28. The topological polar surface area (TPSA) is 44.8 Å². The summed E-state index contributed by atoms with van der Waals surface area (Å²) in [6.45, 7) is 1.71. The maximum atomic E-state index is 13.2. The Labute approximate surface area is 185 Å². The number of rotatable bonds is 8. The molecule has 0 spiro atoms. The van der Waals surface area contributed by atoms with E-state index in [2.05, 4.69) is 10.2 Å². The van der Waals surface area contributed by atoms with Crippen LogP contribution in [0.15, 0.2) is 48.5 Å². The first-order valence-electron chi connectivity index (χ1n) is 10.4. The number of alkyl halides is 3. The third-order valence-corrected chi connectivity index (χ3v) is 5.31. The fourth-order valence-corrected chi connectivity index (χ4v) is 3.67. The summed E-state index contributed by atoms with van der Waals surface area (Å²) in [6, 6.07) is 11.9. The van der Waals surface area contributed by atoms with Crippen LogP contribution in [0.4, 0.5) is 22.4 Å². The summed E-state index contributed by atoms with van der Waals surface area (Å²) in [6.07, 6.45) is -3.39. The highest BCUT2D eigenvalue weighted by Crippen LogP contribution is 2.20. The second kappa shape index (κ2) is 10.7. The van der Waals surface area contributed by atoms with Crippen LogP contribution in [0.3, 0.4) is 0 Å². The van der Waals surface area contributed by atoms with Gasteiger partial charge in [0.2, 0.25) is 0 Å². The van der Waals surface area contributed by atoms with Gasteiger partial charge in [0, 0.05) is 26.2 Å². The molecule has 1 atom stereocenters. The predicted octanol–water partition coefficient (Wildman–Crippen LogP) is 4.43. The molecule has 1 aliphatic heterocycles. The smallest absolute Gasteiger partial charge is 0.422 e. The van der Waals surface area contributed by atoms with Crippen molar-refractivity contribution in [3.8, 4) is 5.75 Å². The van der Waals surface area contributed by atoms with Crippen molar-refractivity contribution in [3.63, 3.8) is 0 Å². The van der Waals surface area contributed by atoms with E-state index in [0.29, 0.717) is 19.0 Å². The number of halogens is 4. The molecule has 32 heavy (non-hydrogen) atoms. The van der Waals surface area contributed by atoms with Crippen molar-refractivity contribution in [2.24, 2.45) is 5.92 Å². The number of carbonyl (C=O) groups is 1. The van der Waals surface area contributed by atoms with Crippen LogP contribution in [0, 0.1) is 11.7 Å². The summed E-state index contributed by atoms with van der Waals surface area (Å²) in [7, 11) is 2.05. The fourth-order valence-electron chi connectivity index (χ4n) is 3.67. The van der Waals surface area contributed by atoms with E-state index in [0.717, 1.165) is 30.6 Å². The molecule has 5 nitrogen and oxygen atoms in total. The van der Waals surface area contributed by atoms with E-state index < -0.39 is 12.8 Å². The molecule has 1 fully saturated rings. The van der Waals surface area contributed by atoms with Crippen LogP contribution in [0.2, 0.25) is 0 Å². The minimum Gasteiger partial charge on any atom is -0.484 e. The summed E-state index contributed by atoms with van der Waals surface area (Å²) >= 11 is 0. The molecular formula is C23H27F4N3O2. The van der Waals surface area contributed by atoms with Gasteiger partial charge >= 0.3 is 12.2 Å². The SMILES string of the molecule is CN1CC[C@@H](CN(Cc2ccc(F)cc2)C(=O)NCc2ccc(OCC(F)(F)F)cc2)C1. The van der Waals surface area contributed by atoms with Gasteiger partial charge in [0.15, 0.2) is 6.61 Å². The lowest BCUT2D eigenvalue weighted by Gasteiger charge is -2.26. The lowest BCUT2D eigenvalue weighted by molar-refractivity contribution is -0.153. The number of amides is 2. The van der Waals surface area contributed by atoms with Gasteiger partial charge < -0.3 is 19.9 Å². The first-order chi connectivity index (χ1) is 15.2. The highest BCUT2D eigenvalue weighted by atomic mass is 19.4. The largest absolute Gasteiger partial charge is 0.484 e. The third kappa shape index (κ3) is 7.71. The van der Waals surface area contributed by atoms with Gasteiger partial charge in [-0.25, -0.2) is 9.18 Å². The van der Waals surface area contributed by atoms with Crippen molar-refractivity contribution in [1.29, 1.82) is 0 Å². The van der Waals surface area contributed by atoms with Gasteiger partial charge in [-0.15, -0.1) is 0 Å². The van der Waals surface area contributed by atoms with Crippen molar-refractivity contribution >= 4 is 6.03 Å². The molecule has 2 amide bonds. The maximum Gasteiger partial charge on any atom is 0.422 e. The van der Waals surface area contributed by atoms with E-state index in [1.165, 1.54) is 24.3 Å². The molecule has 2 aromatic rings. The lowest BCUT2D eigenvalue weighted by Crippen LogP contribution is -2.42. The van der Waals surface area contributed by atoms with Crippen molar-refractivity contribution in [2.75, 3.05) is 33.3 Å². The number of likely N-dealkylation sites (tertiary alicyclic amines) is 1. The molecule has 0 saturated carbocycles. The van der Waals surface area contributed by atoms with Crippen LogP contribution in [-0.2, 0) is 13.1 Å². The molecule has 0 aromatic heterocycles. The highest BCUT2D eigenvalue weighted by molar-refractivity contribution is 5.74. The first kappa shape index (κ1) is 23.8. The Balaban J connectivity index is 1.58. The fraction of sp³-hybridized carbons (Fsp3) is 0.435.